The lowest BCUT2D eigenvalue weighted by atomic mass is 10.1. The van der Waals surface area contributed by atoms with Crippen molar-refractivity contribution in [2.75, 3.05) is 18.1 Å². The van der Waals surface area contributed by atoms with Gasteiger partial charge < -0.3 is 14.3 Å². The summed E-state index contributed by atoms with van der Waals surface area (Å²) in [6.45, 7) is 2.67. The minimum Gasteiger partial charge on any atom is -0.459 e. The number of furan rings is 1. The summed E-state index contributed by atoms with van der Waals surface area (Å²) in [4.78, 5) is 12.9. The van der Waals surface area contributed by atoms with Gasteiger partial charge in [0.2, 0.25) is 10.0 Å². The Morgan fingerprint density at radius 1 is 1.16 bits per heavy atom. The van der Waals surface area contributed by atoms with Gasteiger partial charge in [-0.15, -0.1) is 0 Å². The third-order valence-corrected chi connectivity index (χ3v) is 6.80. The van der Waals surface area contributed by atoms with Crippen molar-refractivity contribution in [2.45, 2.75) is 19.9 Å². The molecule has 0 saturated carbocycles. The average Bonchev–Trinajstić information content (AvgIpc) is 3.44. The van der Waals surface area contributed by atoms with Crippen molar-refractivity contribution in [2.24, 2.45) is 0 Å². The standard InChI is InChI=1S/C22H22N6O3S/c1-15-21(20-11-16-12-28(32(2,29)30)9-7-19(16)31-20)24-13-25-22(15)26-17-3-5-18(6-4-17)27-10-8-23-14-27/h3-6,8,10-11,13-14H,7,9,12H2,1-2H3,(H,24,25,26). The first-order chi connectivity index (χ1) is 15.4. The molecule has 0 spiro atoms. The SMILES string of the molecule is Cc1c(Nc2ccc(-n3ccnc3)cc2)ncnc1-c1cc2c(o1)CCN(S(C)(=O)=O)C2. The van der Waals surface area contributed by atoms with Crippen molar-refractivity contribution in [3.8, 4) is 17.1 Å². The van der Waals surface area contributed by atoms with Crippen molar-refractivity contribution in [3.05, 3.63) is 72.3 Å². The van der Waals surface area contributed by atoms with Gasteiger partial charge in [-0.2, -0.15) is 4.31 Å². The van der Waals surface area contributed by atoms with Crippen LogP contribution in [0.3, 0.4) is 0 Å². The van der Waals surface area contributed by atoms with Crippen molar-refractivity contribution in [1.29, 1.82) is 0 Å². The van der Waals surface area contributed by atoms with Crippen LogP contribution in [0, 0.1) is 6.92 Å². The number of nitrogens with one attached hydrogen (secondary N) is 1. The van der Waals surface area contributed by atoms with Crippen LogP contribution >= 0.6 is 0 Å². The van der Waals surface area contributed by atoms with Crippen LogP contribution in [0.4, 0.5) is 11.5 Å². The Bertz CT molecular complexity index is 1360. The summed E-state index contributed by atoms with van der Waals surface area (Å²) in [5, 5.41) is 3.34. The molecule has 0 unspecified atom stereocenters. The molecule has 0 bridgehead atoms. The number of hydrogen-bond donors (Lipinski definition) is 1. The molecule has 10 heteroatoms. The van der Waals surface area contributed by atoms with E-state index in [4.69, 9.17) is 4.42 Å². The maximum Gasteiger partial charge on any atom is 0.211 e. The maximum absolute atomic E-state index is 11.9. The summed E-state index contributed by atoms with van der Waals surface area (Å²) >= 11 is 0. The summed E-state index contributed by atoms with van der Waals surface area (Å²) in [6.07, 6.45) is 8.65. The Labute approximate surface area is 185 Å². The molecule has 164 valence electrons. The number of sulfonamides is 1. The van der Waals surface area contributed by atoms with Crippen LogP contribution in [0.1, 0.15) is 16.9 Å². The van der Waals surface area contributed by atoms with Gasteiger partial charge in [-0.05, 0) is 37.3 Å². The highest BCUT2D eigenvalue weighted by atomic mass is 32.2. The van der Waals surface area contributed by atoms with Crippen LogP contribution in [0.2, 0.25) is 0 Å². The smallest absolute Gasteiger partial charge is 0.211 e. The Balaban J connectivity index is 1.40. The Morgan fingerprint density at radius 2 is 1.97 bits per heavy atom. The molecule has 1 aliphatic heterocycles. The van der Waals surface area contributed by atoms with Gasteiger partial charge >= 0.3 is 0 Å². The van der Waals surface area contributed by atoms with Gasteiger partial charge in [0.15, 0.2) is 5.76 Å². The van der Waals surface area contributed by atoms with E-state index in [0.717, 1.165) is 28.3 Å². The van der Waals surface area contributed by atoms with E-state index >= 15 is 0 Å². The molecule has 4 aromatic rings. The number of nitrogens with zero attached hydrogens (tertiary/aromatic N) is 5. The predicted octanol–water partition coefficient (Wildman–Crippen LogP) is 3.29. The minimum absolute atomic E-state index is 0.316. The summed E-state index contributed by atoms with van der Waals surface area (Å²) in [5.74, 6) is 2.10. The van der Waals surface area contributed by atoms with Crippen LogP contribution in [-0.4, -0.2) is 45.0 Å². The monoisotopic (exact) mass is 450 g/mol. The lowest BCUT2D eigenvalue weighted by molar-refractivity contribution is 0.366. The second-order valence-electron chi connectivity index (χ2n) is 7.74. The molecule has 1 aromatic carbocycles. The van der Waals surface area contributed by atoms with Crippen molar-refractivity contribution < 1.29 is 12.8 Å². The van der Waals surface area contributed by atoms with Gasteiger partial charge in [-0.25, -0.2) is 23.4 Å². The zero-order valence-electron chi connectivity index (χ0n) is 17.7. The van der Waals surface area contributed by atoms with E-state index in [1.807, 2.05) is 48.0 Å². The summed E-state index contributed by atoms with van der Waals surface area (Å²) < 4.78 is 33.2. The van der Waals surface area contributed by atoms with E-state index < -0.39 is 10.0 Å². The molecule has 5 rings (SSSR count). The Morgan fingerprint density at radius 3 is 2.69 bits per heavy atom. The Kier molecular flexibility index (Phi) is 5.03. The molecular formula is C22H22N6O3S. The number of aromatic nitrogens is 4. The number of anilines is 2. The molecule has 32 heavy (non-hydrogen) atoms. The van der Waals surface area contributed by atoms with Gasteiger partial charge in [0.25, 0.3) is 0 Å². The summed E-state index contributed by atoms with van der Waals surface area (Å²) in [5.41, 5.74) is 4.30. The molecular weight excluding hydrogens is 428 g/mol. The van der Waals surface area contributed by atoms with Crippen molar-refractivity contribution in [1.82, 2.24) is 23.8 Å². The fourth-order valence-electron chi connectivity index (χ4n) is 3.80. The largest absolute Gasteiger partial charge is 0.459 e. The lowest BCUT2D eigenvalue weighted by Crippen LogP contribution is -2.34. The topological polar surface area (TPSA) is 106 Å². The van der Waals surface area contributed by atoms with Crippen LogP contribution < -0.4 is 5.32 Å². The van der Waals surface area contributed by atoms with E-state index in [2.05, 4.69) is 20.3 Å². The molecule has 1 aliphatic rings. The van der Waals surface area contributed by atoms with E-state index in [-0.39, 0.29) is 0 Å². The second-order valence-corrected chi connectivity index (χ2v) is 9.73. The molecule has 0 aliphatic carbocycles. The highest BCUT2D eigenvalue weighted by molar-refractivity contribution is 7.88. The predicted molar refractivity (Wildman–Crippen MR) is 120 cm³/mol. The first kappa shape index (κ1) is 20.4. The van der Waals surface area contributed by atoms with Crippen LogP contribution in [-0.2, 0) is 23.0 Å². The first-order valence-corrected chi connectivity index (χ1v) is 12.0. The van der Waals surface area contributed by atoms with Gasteiger partial charge in [0, 0.05) is 54.4 Å². The van der Waals surface area contributed by atoms with Crippen LogP contribution in [0.25, 0.3) is 17.1 Å². The molecule has 9 nitrogen and oxygen atoms in total. The van der Waals surface area contributed by atoms with Crippen LogP contribution in [0.15, 0.2) is 59.8 Å². The molecule has 0 atom stereocenters. The highest BCUT2D eigenvalue weighted by Crippen LogP contribution is 2.33. The van der Waals surface area contributed by atoms with Crippen LogP contribution in [0.5, 0.6) is 0 Å². The fraction of sp³-hybridized carbons (Fsp3) is 0.227. The molecule has 0 fully saturated rings. The van der Waals surface area contributed by atoms with E-state index in [1.165, 1.54) is 16.9 Å². The number of imidazole rings is 1. The highest BCUT2D eigenvalue weighted by Gasteiger charge is 2.27. The number of benzene rings is 1. The van der Waals surface area contributed by atoms with Crippen molar-refractivity contribution in [3.63, 3.8) is 0 Å². The fourth-order valence-corrected chi connectivity index (χ4v) is 4.59. The number of rotatable bonds is 5. The normalized spacial score (nSPS) is 14.3. The summed E-state index contributed by atoms with van der Waals surface area (Å²) in [6, 6.07) is 9.82. The molecule has 3 aromatic heterocycles. The second kappa shape index (κ2) is 7.88. The minimum atomic E-state index is -3.24. The van der Waals surface area contributed by atoms with Gasteiger partial charge in [-0.3, -0.25) is 0 Å². The third kappa shape index (κ3) is 3.90. The number of hydrogen-bond acceptors (Lipinski definition) is 7. The molecule has 1 N–H and O–H groups in total. The number of fused-ring (bicyclic) bond motifs is 1. The zero-order valence-corrected chi connectivity index (χ0v) is 18.5. The van der Waals surface area contributed by atoms with Crippen molar-refractivity contribution >= 4 is 21.5 Å². The molecule has 0 saturated heterocycles. The molecule has 4 heterocycles. The average molecular weight is 451 g/mol. The molecule has 0 amide bonds. The van der Waals surface area contributed by atoms with E-state index in [9.17, 15) is 8.42 Å². The molecule has 0 radical (unpaired) electrons. The quantitative estimate of drug-likeness (QED) is 0.497. The van der Waals surface area contributed by atoms with Gasteiger partial charge in [0.1, 0.15) is 23.6 Å². The lowest BCUT2D eigenvalue weighted by Gasteiger charge is -2.23. The van der Waals surface area contributed by atoms with E-state index in [1.54, 1.807) is 12.5 Å². The van der Waals surface area contributed by atoms with Gasteiger partial charge in [-0.1, -0.05) is 0 Å². The first-order valence-electron chi connectivity index (χ1n) is 10.1. The summed E-state index contributed by atoms with van der Waals surface area (Å²) in [7, 11) is -3.24. The Hall–Kier alpha value is -3.50. The maximum atomic E-state index is 11.9. The van der Waals surface area contributed by atoms with E-state index in [0.29, 0.717) is 36.8 Å². The van der Waals surface area contributed by atoms with Gasteiger partial charge in [0.05, 0.1) is 12.6 Å². The zero-order chi connectivity index (χ0) is 22.3. The third-order valence-electron chi connectivity index (χ3n) is 5.55.